The van der Waals surface area contributed by atoms with Crippen LogP contribution >= 0.6 is 11.6 Å². The van der Waals surface area contributed by atoms with E-state index in [1.54, 1.807) is 24.4 Å². The second kappa shape index (κ2) is 9.14. The molecule has 0 aliphatic rings. The molecule has 1 heterocycles. The molecule has 2 N–H and O–H groups in total. The van der Waals surface area contributed by atoms with Gasteiger partial charge in [-0.1, -0.05) is 11.6 Å². The van der Waals surface area contributed by atoms with Crippen LogP contribution in [0.15, 0.2) is 24.4 Å². The van der Waals surface area contributed by atoms with E-state index in [4.69, 9.17) is 16.3 Å². The molecule has 0 aliphatic carbocycles. The topological polar surface area (TPSA) is 92.3 Å². The van der Waals surface area contributed by atoms with Gasteiger partial charge in [0.15, 0.2) is 5.82 Å². The Morgan fingerprint density at radius 3 is 2.88 bits per heavy atom. The quantitative estimate of drug-likeness (QED) is 0.545. The Kier molecular flexibility index (Phi) is 6.91. The summed E-state index contributed by atoms with van der Waals surface area (Å²) in [7, 11) is 5.38. The molecule has 0 saturated heterocycles. The minimum absolute atomic E-state index is 0.279. The third-order valence-electron chi connectivity index (χ3n) is 3.28. The van der Waals surface area contributed by atoms with Gasteiger partial charge in [-0.05, 0) is 45.3 Å². The Morgan fingerprint density at radius 2 is 2.16 bits per heavy atom. The molecule has 8 nitrogen and oxygen atoms in total. The van der Waals surface area contributed by atoms with Crippen molar-refractivity contribution in [3.05, 3.63) is 35.0 Å². The summed E-state index contributed by atoms with van der Waals surface area (Å²) in [6, 6.07) is 4.77. The smallest absolute Gasteiger partial charge is 0.337 e. The van der Waals surface area contributed by atoms with Crippen LogP contribution in [0, 0.1) is 0 Å². The lowest BCUT2D eigenvalue weighted by atomic mass is 10.2. The predicted octanol–water partition coefficient (Wildman–Crippen LogP) is 2.42. The van der Waals surface area contributed by atoms with Crippen LogP contribution in [-0.2, 0) is 4.74 Å². The van der Waals surface area contributed by atoms with Crippen molar-refractivity contribution in [3.63, 3.8) is 0 Å². The highest BCUT2D eigenvalue weighted by molar-refractivity contribution is 6.33. The van der Waals surface area contributed by atoms with Crippen molar-refractivity contribution in [2.75, 3.05) is 44.9 Å². The fourth-order valence-electron chi connectivity index (χ4n) is 2.04. The zero-order chi connectivity index (χ0) is 18.2. The molecule has 0 radical (unpaired) electrons. The summed E-state index contributed by atoms with van der Waals surface area (Å²) in [6.07, 6.45) is 2.53. The van der Waals surface area contributed by atoms with E-state index in [1.807, 2.05) is 14.1 Å². The number of carbonyl (C=O) groups excluding carboxylic acids is 1. The van der Waals surface area contributed by atoms with E-state index in [2.05, 4.69) is 30.7 Å². The molecule has 1 aromatic heterocycles. The highest BCUT2D eigenvalue weighted by Gasteiger charge is 2.10. The first kappa shape index (κ1) is 18.9. The van der Waals surface area contributed by atoms with Gasteiger partial charge in [0.05, 0.1) is 29.6 Å². The van der Waals surface area contributed by atoms with Crippen molar-refractivity contribution in [3.8, 4) is 0 Å². The van der Waals surface area contributed by atoms with Crippen molar-refractivity contribution in [1.29, 1.82) is 0 Å². The lowest BCUT2D eigenvalue weighted by molar-refractivity contribution is 0.0601. The van der Waals surface area contributed by atoms with Crippen LogP contribution in [0.25, 0.3) is 0 Å². The summed E-state index contributed by atoms with van der Waals surface area (Å²) in [5.74, 6) is 0.438. The first-order chi connectivity index (χ1) is 12.0. The van der Waals surface area contributed by atoms with Crippen molar-refractivity contribution < 1.29 is 9.53 Å². The summed E-state index contributed by atoms with van der Waals surface area (Å²) < 4.78 is 4.71. The van der Waals surface area contributed by atoms with Crippen molar-refractivity contribution >= 4 is 35.0 Å². The Morgan fingerprint density at radius 1 is 1.36 bits per heavy atom. The molecule has 0 bridgehead atoms. The number of halogens is 1. The first-order valence-electron chi connectivity index (χ1n) is 7.73. The van der Waals surface area contributed by atoms with Crippen molar-refractivity contribution in [2.24, 2.45) is 0 Å². The molecule has 25 heavy (non-hydrogen) atoms. The van der Waals surface area contributed by atoms with Crippen LogP contribution in [0.4, 0.5) is 17.5 Å². The van der Waals surface area contributed by atoms with Crippen LogP contribution in [0.3, 0.4) is 0 Å². The first-order valence-corrected chi connectivity index (χ1v) is 8.10. The number of rotatable bonds is 8. The fraction of sp³-hybridized carbons (Fsp3) is 0.375. The average Bonchev–Trinajstić information content (AvgIpc) is 2.60. The summed E-state index contributed by atoms with van der Waals surface area (Å²) in [5, 5.41) is 14.4. The number of anilines is 3. The molecule has 0 atom stereocenters. The number of hydrogen-bond donors (Lipinski definition) is 2. The Balaban J connectivity index is 2.05. The van der Waals surface area contributed by atoms with E-state index < -0.39 is 5.97 Å². The fourth-order valence-corrected chi connectivity index (χ4v) is 2.20. The number of methoxy groups -OCH3 is 1. The molecule has 0 spiro atoms. The van der Waals surface area contributed by atoms with Crippen LogP contribution in [0.5, 0.6) is 0 Å². The molecule has 0 saturated carbocycles. The van der Waals surface area contributed by atoms with Gasteiger partial charge in [-0.3, -0.25) is 0 Å². The normalized spacial score (nSPS) is 10.6. The van der Waals surface area contributed by atoms with Gasteiger partial charge < -0.3 is 20.3 Å². The highest BCUT2D eigenvalue weighted by Crippen LogP contribution is 2.25. The second-order valence-corrected chi connectivity index (χ2v) is 5.97. The molecule has 9 heteroatoms. The monoisotopic (exact) mass is 364 g/mol. The average molecular weight is 365 g/mol. The molecule has 0 aliphatic heterocycles. The van der Waals surface area contributed by atoms with Gasteiger partial charge in [-0.2, -0.15) is 10.1 Å². The molecule has 2 rings (SSSR count). The summed E-state index contributed by atoms with van der Waals surface area (Å²) in [4.78, 5) is 18.1. The van der Waals surface area contributed by atoms with Gasteiger partial charge in [-0.15, -0.1) is 5.10 Å². The van der Waals surface area contributed by atoms with E-state index in [1.165, 1.54) is 7.11 Å². The summed E-state index contributed by atoms with van der Waals surface area (Å²) >= 11 is 6.15. The zero-order valence-corrected chi connectivity index (χ0v) is 15.2. The minimum Gasteiger partial charge on any atom is -0.465 e. The van der Waals surface area contributed by atoms with E-state index in [9.17, 15) is 4.79 Å². The van der Waals surface area contributed by atoms with Gasteiger partial charge >= 0.3 is 5.97 Å². The van der Waals surface area contributed by atoms with E-state index in [0.717, 1.165) is 19.5 Å². The predicted molar refractivity (Wildman–Crippen MR) is 97.6 cm³/mol. The maximum Gasteiger partial charge on any atom is 0.337 e. The standard InChI is InChI=1S/C16H21ClN6O2/c1-23(2)8-4-7-18-14-10-19-22-16(21-14)20-13-9-11(15(24)25-3)5-6-12(13)17/h5-6,9-10H,4,7-8H2,1-3H3,(H2,18,20,21,22). The molecule has 2 aromatic rings. The maximum atomic E-state index is 11.6. The number of nitrogens with one attached hydrogen (secondary N) is 2. The minimum atomic E-state index is -0.449. The lowest BCUT2D eigenvalue weighted by Crippen LogP contribution is -2.17. The number of benzene rings is 1. The largest absolute Gasteiger partial charge is 0.465 e. The Labute approximate surface area is 151 Å². The van der Waals surface area contributed by atoms with E-state index in [-0.39, 0.29) is 5.95 Å². The number of esters is 1. The Hall–Kier alpha value is -2.45. The molecule has 0 amide bonds. The van der Waals surface area contributed by atoms with Crippen LogP contribution in [0.2, 0.25) is 5.02 Å². The zero-order valence-electron chi connectivity index (χ0n) is 14.4. The summed E-state index contributed by atoms with van der Waals surface area (Å²) in [6.45, 7) is 1.75. The van der Waals surface area contributed by atoms with Gasteiger partial charge in [0.1, 0.15) is 0 Å². The van der Waals surface area contributed by atoms with Gasteiger partial charge in [0, 0.05) is 6.54 Å². The van der Waals surface area contributed by atoms with Crippen LogP contribution in [-0.4, -0.2) is 60.3 Å². The second-order valence-electron chi connectivity index (χ2n) is 5.56. The number of carbonyl (C=O) groups is 1. The van der Waals surface area contributed by atoms with Crippen LogP contribution < -0.4 is 10.6 Å². The SMILES string of the molecule is COC(=O)c1ccc(Cl)c(Nc2nncc(NCCCN(C)C)n2)c1. The van der Waals surface area contributed by atoms with E-state index in [0.29, 0.717) is 22.1 Å². The molecule has 0 fully saturated rings. The van der Waals surface area contributed by atoms with E-state index >= 15 is 0 Å². The number of ether oxygens (including phenoxy) is 1. The molecule has 1 aromatic carbocycles. The summed E-state index contributed by atoms with van der Waals surface area (Å²) in [5.41, 5.74) is 0.872. The maximum absolute atomic E-state index is 11.6. The highest BCUT2D eigenvalue weighted by atomic mass is 35.5. The van der Waals surface area contributed by atoms with Crippen LogP contribution in [0.1, 0.15) is 16.8 Å². The third-order valence-corrected chi connectivity index (χ3v) is 3.61. The molecular weight excluding hydrogens is 344 g/mol. The Bertz CT molecular complexity index is 726. The molecular formula is C16H21ClN6O2. The van der Waals surface area contributed by atoms with Gasteiger partial charge in [-0.25, -0.2) is 4.79 Å². The molecule has 0 unspecified atom stereocenters. The number of nitrogens with zero attached hydrogens (tertiary/aromatic N) is 4. The number of hydrogen-bond acceptors (Lipinski definition) is 8. The lowest BCUT2D eigenvalue weighted by Gasteiger charge is -2.11. The van der Waals surface area contributed by atoms with Gasteiger partial charge in [0.2, 0.25) is 5.95 Å². The number of aromatic nitrogens is 3. The molecule has 134 valence electrons. The van der Waals surface area contributed by atoms with Crippen molar-refractivity contribution in [1.82, 2.24) is 20.1 Å². The van der Waals surface area contributed by atoms with Gasteiger partial charge in [0.25, 0.3) is 0 Å². The third kappa shape index (κ3) is 5.84. The van der Waals surface area contributed by atoms with Crippen molar-refractivity contribution in [2.45, 2.75) is 6.42 Å².